The fourth-order valence-corrected chi connectivity index (χ4v) is 2.63. The van der Waals surface area contributed by atoms with Crippen molar-refractivity contribution in [2.75, 3.05) is 6.54 Å². The van der Waals surface area contributed by atoms with E-state index in [2.05, 4.69) is 0 Å². The number of benzene rings is 1. The first-order valence-corrected chi connectivity index (χ1v) is 7.00. The topological polar surface area (TPSA) is 76.5 Å². The molecule has 0 bridgehead atoms. The number of fused-ring (bicyclic) bond motifs is 1. The molecule has 0 unspecified atom stereocenters. The predicted octanol–water partition coefficient (Wildman–Crippen LogP) is 3.26. The Morgan fingerprint density at radius 2 is 1.95 bits per heavy atom. The van der Waals surface area contributed by atoms with Gasteiger partial charge < -0.3 is 15.3 Å². The molecule has 3 N–H and O–H groups in total. The van der Waals surface area contributed by atoms with Gasteiger partial charge in [0.2, 0.25) is 0 Å². The lowest BCUT2D eigenvalue weighted by atomic mass is 9.93. The van der Waals surface area contributed by atoms with Gasteiger partial charge in [0.15, 0.2) is 0 Å². The Labute approximate surface area is 123 Å². The molecule has 1 aromatic heterocycles. The molecule has 0 atom stereocenters. The van der Waals surface area contributed by atoms with Crippen molar-refractivity contribution < 1.29 is 9.52 Å². The van der Waals surface area contributed by atoms with Crippen LogP contribution in [0, 0.1) is 13.8 Å². The number of hydrogen-bond donors (Lipinski definition) is 2. The van der Waals surface area contributed by atoms with Gasteiger partial charge in [-0.2, -0.15) is 0 Å². The van der Waals surface area contributed by atoms with E-state index in [9.17, 15) is 9.90 Å². The standard InChI is InChI=1S/C17H21NO3/c1-9(2)12(5-6-18)14-8-13-10(3)7-15(19)21-17(13)11(4)16(14)20/h7-8,20H,5-6,18H2,1-4H3. The molecule has 0 saturated carbocycles. The molecule has 0 aliphatic heterocycles. The molecule has 1 aromatic carbocycles. The first kappa shape index (κ1) is 15.3. The van der Waals surface area contributed by atoms with Crippen molar-refractivity contribution in [1.82, 2.24) is 0 Å². The quantitative estimate of drug-likeness (QED) is 0.849. The van der Waals surface area contributed by atoms with Crippen molar-refractivity contribution in [2.45, 2.75) is 34.1 Å². The van der Waals surface area contributed by atoms with Gasteiger partial charge in [-0.05, 0) is 57.9 Å². The number of hydrogen-bond acceptors (Lipinski definition) is 4. The lowest BCUT2D eigenvalue weighted by Gasteiger charge is -2.15. The van der Waals surface area contributed by atoms with Crippen molar-refractivity contribution in [3.63, 3.8) is 0 Å². The summed E-state index contributed by atoms with van der Waals surface area (Å²) in [6.07, 6.45) is 0.691. The van der Waals surface area contributed by atoms with Gasteiger partial charge in [0.1, 0.15) is 11.3 Å². The molecule has 1 heterocycles. The molecule has 4 heteroatoms. The number of rotatable bonds is 3. The summed E-state index contributed by atoms with van der Waals surface area (Å²) < 4.78 is 5.25. The van der Waals surface area contributed by atoms with Crippen LogP contribution in [0.2, 0.25) is 0 Å². The summed E-state index contributed by atoms with van der Waals surface area (Å²) in [6, 6.07) is 3.35. The van der Waals surface area contributed by atoms with E-state index >= 15 is 0 Å². The molecular weight excluding hydrogens is 266 g/mol. The zero-order valence-corrected chi connectivity index (χ0v) is 12.9. The van der Waals surface area contributed by atoms with Crippen molar-refractivity contribution in [1.29, 1.82) is 0 Å². The smallest absolute Gasteiger partial charge is 0.336 e. The highest BCUT2D eigenvalue weighted by atomic mass is 16.4. The van der Waals surface area contributed by atoms with Crippen LogP contribution in [0.5, 0.6) is 5.75 Å². The van der Waals surface area contributed by atoms with Crippen LogP contribution in [0.4, 0.5) is 0 Å². The third-order valence-electron chi connectivity index (χ3n) is 3.77. The second-order valence-corrected chi connectivity index (χ2v) is 5.54. The summed E-state index contributed by atoms with van der Waals surface area (Å²) in [7, 11) is 0. The molecule has 4 nitrogen and oxygen atoms in total. The highest BCUT2D eigenvalue weighted by molar-refractivity contribution is 5.90. The lowest BCUT2D eigenvalue weighted by Crippen LogP contribution is -2.03. The van der Waals surface area contributed by atoms with E-state index in [-0.39, 0.29) is 5.75 Å². The Bertz CT molecular complexity index is 781. The molecule has 0 fully saturated rings. The summed E-state index contributed by atoms with van der Waals surface area (Å²) >= 11 is 0. The number of phenols is 1. The molecule has 0 aliphatic rings. The minimum absolute atomic E-state index is 0.154. The number of nitrogens with two attached hydrogens (primary N) is 1. The first-order valence-electron chi connectivity index (χ1n) is 7.00. The van der Waals surface area contributed by atoms with Crippen LogP contribution in [-0.4, -0.2) is 11.7 Å². The Morgan fingerprint density at radius 1 is 1.29 bits per heavy atom. The molecule has 2 aromatic rings. The Hall–Kier alpha value is -2.07. The van der Waals surface area contributed by atoms with Gasteiger partial charge in [0, 0.05) is 22.6 Å². The fourth-order valence-electron chi connectivity index (χ4n) is 2.63. The largest absolute Gasteiger partial charge is 0.507 e. The van der Waals surface area contributed by atoms with Crippen LogP contribution in [-0.2, 0) is 0 Å². The van der Waals surface area contributed by atoms with Crippen molar-refractivity contribution in [3.8, 4) is 5.75 Å². The van der Waals surface area contributed by atoms with Crippen molar-refractivity contribution in [3.05, 3.63) is 44.8 Å². The van der Waals surface area contributed by atoms with Gasteiger partial charge >= 0.3 is 5.63 Å². The second kappa shape index (κ2) is 5.74. The molecule has 0 spiro atoms. The van der Waals surface area contributed by atoms with E-state index in [4.69, 9.17) is 10.2 Å². The Kier molecular flexibility index (Phi) is 4.19. The minimum Gasteiger partial charge on any atom is -0.507 e. The van der Waals surface area contributed by atoms with Crippen LogP contribution < -0.4 is 11.4 Å². The van der Waals surface area contributed by atoms with Crippen LogP contribution in [0.25, 0.3) is 16.5 Å². The maximum Gasteiger partial charge on any atom is 0.336 e. The van der Waals surface area contributed by atoms with Gasteiger partial charge in [-0.15, -0.1) is 0 Å². The van der Waals surface area contributed by atoms with E-state index in [0.717, 1.165) is 27.7 Å². The predicted molar refractivity (Wildman–Crippen MR) is 85.6 cm³/mol. The minimum atomic E-state index is -0.403. The summed E-state index contributed by atoms with van der Waals surface area (Å²) in [4.78, 5) is 11.5. The average molecular weight is 287 g/mol. The van der Waals surface area contributed by atoms with E-state index in [1.54, 1.807) is 6.92 Å². The monoisotopic (exact) mass is 287 g/mol. The SMILES string of the molecule is CC(C)=C(CCN)c1cc2c(C)cc(=O)oc2c(C)c1O. The molecule has 0 radical (unpaired) electrons. The maximum absolute atomic E-state index is 11.5. The summed E-state index contributed by atoms with van der Waals surface area (Å²) in [6.45, 7) is 8.14. The number of aromatic hydroxyl groups is 1. The highest BCUT2D eigenvalue weighted by Gasteiger charge is 2.16. The summed E-state index contributed by atoms with van der Waals surface area (Å²) in [5.74, 6) is 0.154. The van der Waals surface area contributed by atoms with Crippen LogP contribution in [0.15, 0.2) is 26.9 Å². The molecule has 21 heavy (non-hydrogen) atoms. The first-order chi connectivity index (χ1) is 9.86. The van der Waals surface area contributed by atoms with Gasteiger partial charge in [0.25, 0.3) is 0 Å². The van der Waals surface area contributed by atoms with Gasteiger partial charge in [-0.1, -0.05) is 5.57 Å². The third kappa shape index (κ3) is 2.72. The summed E-state index contributed by atoms with van der Waals surface area (Å²) in [5, 5.41) is 11.3. The van der Waals surface area contributed by atoms with Crippen molar-refractivity contribution >= 4 is 16.5 Å². The molecular formula is C17H21NO3. The van der Waals surface area contributed by atoms with Crippen LogP contribution in [0.1, 0.15) is 37.0 Å². The number of aryl methyl sites for hydroxylation is 2. The molecule has 0 amide bonds. The highest BCUT2D eigenvalue weighted by Crippen LogP contribution is 2.37. The van der Waals surface area contributed by atoms with Gasteiger partial charge in [-0.25, -0.2) is 4.79 Å². The van der Waals surface area contributed by atoms with Gasteiger partial charge in [-0.3, -0.25) is 0 Å². The maximum atomic E-state index is 11.5. The second-order valence-electron chi connectivity index (χ2n) is 5.54. The molecule has 2 rings (SSSR count). The van der Waals surface area contributed by atoms with E-state index in [0.29, 0.717) is 24.1 Å². The third-order valence-corrected chi connectivity index (χ3v) is 3.77. The Balaban J connectivity index is 2.87. The zero-order valence-electron chi connectivity index (χ0n) is 12.9. The average Bonchev–Trinajstić information content (AvgIpc) is 2.41. The lowest BCUT2D eigenvalue weighted by molar-refractivity contribution is 0.466. The van der Waals surface area contributed by atoms with Crippen LogP contribution >= 0.6 is 0 Å². The zero-order chi connectivity index (χ0) is 15.7. The van der Waals surface area contributed by atoms with E-state index in [1.165, 1.54) is 6.07 Å². The van der Waals surface area contributed by atoms with E-state index in [1.807, 2.05) is 26.8 Å². The molecule has 0 saturated heterocycles. The molecule has 112 valence electrons. The van der Waals surface area contributed by atoms with Crippen LogP contribution in [0.3, 0.4) is 0 Å². The normalized spacial score (nSPS) is 10.9. The summed E-state index contributed by atoms with van der Waals surface area (Å²) in [5.41, 5.74) is 10.1. The van der Waals surface area contributed by atoms with E-state index < -0.39 is 5.63 Å². The van der Waals surface area contributed by atoms with Crippen molar-refractivity contribution in [2.24, 2.45) is 5.73 Å². The number of phenolic OH excluding ortho intramolecular Hbond substituents is 1. The number of allylic oxidation sites excluding steroid dienone is 1. The van der Waals surface area contributed by atoms with Gasteiger partial charge in [0.05, 0.1) is 0 Å². The Morgan fingerprint density at radius 3 is 2.52 bits per heavy atom. The molecule has 0 aliphatic carbocycles. The fraction of sp³-hybridized carbons (Fsp3) is 0.353.